The smallest absolute Gasteiger partial charge is 0.407 e. The van der Waals surface area contributed by atoms with Crippen LogP contribution in [0.5, 0.6) is 0 Å². The van der Waals surface area contributed by atoms with Crippen LogP contribution in [0.1, 0.15) is 69.7 Å². The number of amides is 2. The zero-order valence-electron chi connectivity index (χ0n) is 23.9. The first-order valence-corrected chi connectivity index (χ1v) is 14.6. The van der Waals surface area contributed by atoms with E-state index in [9.17, 15) is 9.59 Å². The van der Waals surface area contributed by atoms with Gasteiger partial charge in [-0.2, -0.15) is 0 Å². The largest absolute Gasteiger partial charge is 0.444 e. The molecule has 1 saturated heterocycles. The molecule has 1 aliphatic carbocycles. The highest BCUT2D eigenvalue weighted by Crippen LogP contribution is 2.29. The maximum absolute atomic E-state index is 13.4. The number of aromatic nitrogens is 2. The van der Waals surface area contributed by atoms with E-state index < -0.39 is 5.60 Å². The number of hydrogen-bond acceptors (Lipinski definition) is 6. The predicted molar refractivity (Wildman–Crippen MR) is 158 cm³/mol. The summed E-state index contributed by atoms with van der Waals surface area (Å²) in [4.78, 5) is 37.3. The van der Waals surface area contributed by atoms with Crippen molar-refractivity contribution in [1.82, 2.24) is 20.6 Å². The highest BCUT2D eigenvalue weighted by Gasteiger charge is 2.24. The van der Waals surface area contributed by atoms with Gasteiger partial charge < -0.3 is 20.3 Å². The van der Waals surface area contributed by atoms with Crippen LogP contribution in [0.25, 0.3) is 22.2 Å². The van der Waals surface area contributed by atoms with Crippen molar-refractivity contribution in [2.24, 2.45) is 11.8 Å². The average Bonchev–Trinajstić information content (AvgIpc) is 3.49. The van der Waals surface area contributed by atoms with E-state index in [2.05, 4.69) is 32.7 Å². The van der Waals surface area contributed by atoms with E-state index in [1.54, 1.807) is 0 Å². The molecular formula is C32H41N5O3. The fourth-order valence-corrected chi connectivity index (χ4v) is 5.70. The second-order valence-electron chi connectivity index (χ2n) is 12.2. The molecule has 3 heterocycles. The van der Waals surface area contributed by atoms with Gasteiger partial charge in [-0.05, 0) is 95.4 Å². The molecule has 2 fully saturated rings. The van der Waals surface area contributed by atoms with Gasteiger partial charge in [-0.25, -0.2) is 14.8 Å². The standard InChI is InChI=1S/C32H41N5O3/c1-32(2,3)40-31(39)35-20-23-12-10-22(11-13-23)19-34-30(38)26-18-28(36-27-9-5-4-8-25(26)27)24-14-15-29(33-21-24)37-16-6-7-17-37/h4-5,8-9,14-15,18,21-23H,6-7,10-13,16-17,19-20H2,1-3H3,(H,34,38)(H,35,39). The van der Waals surface area contributed by atoms with Gasteiger partial charge in [0.15, 0.2) is 0 Å². The highest BCUT2D eigenvalue weighted by molar-refractivity contribution is 6.07. The topological polar surface area (TPSA) is 96.5 Å². The second kappa shape index (κ2) is 12.2. The summed E-state index contributed by atoms with van der Waals surface area (Å²) in [5, 5.41) is 6.95. The maximum Gasteiger partial charge on any atom is 0.407 e. The van der Waals surface area contributed by atoms with Crippen LogP contribution >= 0.6 is 0 Å². The monoisotopic (exact) mass is 543 g/mol. The summed E-state index contributed by atoms with van der Waals surface area (Å²) in [6.07, 6.45) is 8.03. The molecule has 2 aromatic heterocycles. The Morgan fingerprint density at radius 1 is 0.950 bits per heavy atom. The Balaban J connectivity index is 1.19. The Hall–Kier alpha value is -3.68. The number of benzene rings is 1. The van der Waals surface area contributed by atoms with E-state index in [0.717, 1.165) is 66.8 Å². The van der Waals surface area contributed by atoms with Crippen molar-refractivity contribution in [3.8, 4) is 11.3 Å². The Kier molecular flexibility index (Phi) is 8.52. The lowest BCUT2D eigenvalue weighted by molar-refractivity contribution is 0.0512. The van der Waals surface area contributed by atoms with E-state index in [0.29, 0.717) is 30.5 Å². The van der Waals surface area contributed by atoms with Crippen molar-refractivity contribution in [2.45, 2.75) is 64.9 Å². The third-order valence-electron chi connectivity index (χ3n) is 7.89. The average molecular weight is 544 g/mol. The Labute approximate surface area is 236 Å². The Morgan fingerprint density at radius 3 is 2.27 bits per heavy atom. The lowest BCUT2D eigenvalue weighted by Crippen LogP contribution is -2.37. The highest BCUT2D eigenvalue weighted by atomic mass is 16.6. The van der Waals surface area contributed by atoms with E-state index in [1.807, 2.05) is 57.3 Å². The van der Waals surface area contributed by atoms with Crippen LogP contribution in [-0.4, -0.2) is 53.7 Å². The molecule has 2 aliphatic rings. The Bertz CT molecular complexity index is 1320. The fraction of sp³-hybridized carbons (Fsp3) is 0.500. The van der Waals surface area contributed by atoms with Gasteiger partial charge in [0.05, 0.1) is 16.8 Å². The van der Waals surface area contributed by atoms with E-state index >= 15 is 0 Å². The number of pyridine rings is 2. The minimum absolute atomic E-state index is 0.0739. The summed E-state index contributed by atoms with van der Waals surface area (Å²) in [6.45, 7) is 8.98. The molecule has 1 aliphatic heterocycles. The quantitative estimate of drug-likeness (QED) is 0.382. The van der Waals surface area contributed by atoms with Crippen LogP contribution < -0.4 is 15.5 Å². The van der Waals surface area contributed by atoms with Crippen molar-refractivity contribution < 1.29 is 14.3 Å². The van der Waals surface area contributed by atoms with Crippen molar-refractivity contribution in [2.75, 3.05) is 31.1 Å². The summed E-state index contributed by atoms with van der Waals surface area (Å²) in [5.41, 5.74) is 2.60. The summed E-state index contributed by atoms with van der Waals surface area (Å²) < 4.78 is 5.34. The number of rotatable bonds is 7. The fourth-order valence-electron chi connectivity index (χ4n) is 5.70. The van der Waals surface area contributed by atoms with Gasteiger partial charge in [0.1, 0.15) is 11.4 Å². The zero-order chi connectivity index (χ0) is 28.1. The lowest BCUT2D eigenvalue weighted by atomic mass is 9.82. The van der Waals surface area contributed by atoms with E-state index in [4.69, 9.17) is 9.72 Å². The molecule has 0 unspecified atom stereocenters. The summed E-state index contributed by atoms with van der Waals surface area (Å²) in [7, 11) is 0. The lowest BCUT2D eigenvalue weighted by Gasteiger charge is -2.29. The first-order chi connectivity index (χ1) is 19.2. The normalized spacial score (nSPS) is 19.4. The number of nitrogens with zero attached hydrogens (tertiary/aromatic N) is 3. The minimum Gasteiger partial charge on any atom is -0.444 e. The molecule has 0 atom stereocenters. The molecule has 0 bridgehead atoms. The van der Waals surface area contributed by atoms with Crippen LogP contribution in [0.3, 0.4) is 0 Å². The van der Waals surface area contributed by atoms with Crippen molar-refractivity contribution in [1.29, 1.82) is 0 Å². The molecular weight excluding hydrogens is 502 g/mol. The number of ether oxygens (including phenoxy) is 1. The van der Waals surface area contributed by atoms with Crippen molar-refractivity contribution >= 4 is 28.7 Å². The molecule has 1 aromatic carbocycles. The number of para-hydroxylation sites is 1. The predicted octanol–water partition coefficient (Wildman–Crippen LogP) is 5.96. The van der Waals surface area contributed by atoms with Gasteiger partial charge in [-0.3, -0.25) is 4.79 Å². The zero-order valence-corrected chi connectivity index (χ0v) is 23.9. The molecule has 8 nitrogen and oxygen atoms in total. The third kappa shape index (κ3) is 7.09. The molecule has 2 N–H and O–H groups in total. The number of alkyl carbamates (subject to hydrolysis) is 1. The second-order valence-corrected chi connectivity index (χ2v) is 12.2. The van der Waals surface area contributed by atoms with Crippen LogP contribution in [0.2, 0.25) is 0 Å². The summed E-state index contributed by atoms with van der Waals surface area (Å²) in [5.74, 6) is 1.79. The first kappa shape index (κ1) is 27.9. The number of hydrogen-bond donors (Lipinski definition) is 2. The molecule has 0 spiro atoms. The molecule has 1 saturated carbocycles. The third-order valence-corrected chi connectivity index (χ3v) is 7.89. The van der Waals surface area contributed by atoms with Gasteiger partial charge in [0.2, 0.25) is 0 Å². The molecule has 212 valence electrons. The summed E-state index contributed by atoms with van der Waals surface area (Å²) >= 11 is 0. The van der Waals surface area contributed by atoms with E-state index in [-0.39, 0.29) is 12.0 Å². The molecule has 8 heteroatoms. The van der Waals surface area contributed by atoms with Crippen LogP contribution in [0.4, 0.5) is 10.6 Å². The van der Waals surface area contributed by atoms with Crippen molar-refractivity contribution in [3.05, 3.63) is 54.2 Å². The van der Waals surface area contributed by atoms with Crippen LogP contribution in [0, 0.1) is 11.8 Å². The number of nitrogens with one attached hydrogen (secondary N) is 2. The van der Waals surface area contributed by atoms with Gasteiger partial charge >= 0.3 is 6.09 Å². The minimum atomic E-state index is -0.490. The first-order valence-electron chi connectivity index (χ1n) is 14.6. The van der Waals surface area contributed by atoms with Crippen LogP contribution in [-0.2, 0) is 4.74 Å². The van der Waals surface area contributed by atoms with Gasteiger partial charge in [0.25, 0.3) is 5.91 Å². The van der Waals surface area contributed by atoms with Gasteiger partial charge in [0, 0.05) is 43.3 Å². The number of carbonyl (C=O) groups excluding carboxylic acids is 2. The van der Waals surface area contributed by atoms with Crippen LogP contribution in [0.15, 0.2) is 48.7 Å². The SMILES string of the molecule is CC(C)(C)OC(=O)NCC1CCC(CNC(=O)c2cc(-c3ccc(N4CCCC4)nc3)nc3ccccc23)CC1. The number of anilines is 1. The number of fused-ring (bicyclic) bond motifs is 1. The summed E-state index contributed by atoms with van der Waals surface area (Å²) in [6, 6.07) is 13.8. The maximum atomic E-state index is 13.4. The van der Waals surface area contributed by atoms with Gasteiger partial charge in [-0.1, -0.05) is 18.2 Å². The Morgan fingerprint density at radius 2 is 1.62 bits per heavy atom. The van der Waals surface area contributed by atoms with E-state index in [1.165, 1.54) is 12.8 Å². The van der Waals surface area contributed by atoms with Gasteiger partial charge in [-0.15, -0.1) is 0 Å². The molecule has 5 rings (SSSR count). The molecule has 40 heavy (non-hydrogen) atoms. The van der Waals surface area contributed by atoms with Crippen molar-refractivity contribution in [3.63, 3.8) is 0 Å². The number of carbonyl (C=O) groups is 2. The molecule has 2 amide bonds. The molecule has 0 radical (unpaired) electrons. The molecule has 3 aromatic rings.